The van der Waals surface area contributed by atoms with E-state index in [0.717, 1.165) is 56.8 Å². The first-order valence-electron chi connectivity index (χ1n) is 12.6. The molecule has 2 atom stereocenters. The summed E-state index contributed by atoms with van der Waals surface area (Å²) in [5.74, 6) is 1.42. The zero-order chi connectivity index (χ0) is 24.1. The number of likely N-dealkylation sites (N-methyl/N-ethyl adjacent to an activating group) is 1. The van der Waals surface area contributed by atoms with Gasteiger partial charge in [0.15, 0.2) is 0 Å². The lowest BCUT2D eigenvalue weighted by Crippen LogP contribution is -2.50. The SMILES string of the molecule is CC(=O)N1CC(=O)N2CC[C@@H](CC(=O)N3CCN(C)CC3)[C@@H](CCCOc3ccccc3C1)C2. The van der Waals surface area contributed by atoms with Crippen LogP contribution in [-0.4, -0.2) is 96.8 Å². The second kappa shape index (κ2) is 11.2. The van der Waals surface area contributed by atoms with Crippen molar-refractivity contribution >= 4 is 17.7 Å². The highest BCUT2D eigenvalue weighted by Gasteiger charge is 2.34. The molecule has 0 N–H and O–H groups in total. The summed E-state index contributed by atoms with van der Waals surface area (Å²) in [6, 6.07) is 7.74. The molecule has 8 nitrogen and oxygen atoms in total. The molecule has 3 heterocycles. The Morgan fingerprint density at radius 3 is 2.53 bits per heavy atom. The lowest BCUT2D eigenvalue weighted by Gasteiger charge is -2.40. The summed E-state index contributed by atoms with van der Waals surface area (Å²) in [7, 11) is 2.09. The molecule has 2 bridgehead atoms. The average Bonchev–Trinajstić information content (AvgIpc) is 2.83. The van der Waals surface area contributed by atoms with Crippen molar-refractivity contribution in [3.05, 3.63) is 29.8 Å². The molecule has 8 heteroatoms. The molecule has 2 saturated heterocycles. The fourth-order valence-corrected chi connectivity index (χ4v) is 5.36. The summed E-state index contributed by atoms with van der Waals surface area (Å²) in [6.45, 7) is 7.26. The van der Waals surface area contributed by atoms with Gasteiger partial charge in [0, 0.05) is 64.7 Å². The summed E-state index contributed by atoms with van der Waals surface area (Å²) in [6.07, 6.45) is 3.18. The van der Waals surface area contributed by atoms with Crippen molar-refractivity contribution in [3.63, 3.8) is 0 Å². The van der Waals surface area contributed by atoms with Crippen LogP contribution in [0.3, 0.4) is 0 Å². The van der Waals surface area contributed by atoms with Gasteiger partial charge in [0.05, 0.1) is 6.61 Å². The second-order valence-electron chi connectivity index (χ2n) is 10.0. The average molecular weight is 471 g/mol. The van der Waals surface area contributed by atoms with Crippen molar-refractivity contribution in [2.24, 2.45) is 11.8 Å². The van der Waals surface area contributed by atoms with E-state index in [4.69, 9.17) is 4.74 Å². The summed E-state index contributed by atoms with van der Waals surface area (Å²) in [5.41, 5.74) is 0.915. The van der Waals surface area contributed by atoms with E-state index in [1.54, 1.807) is 4.90 Å². The summed E-state index contributed by atoms with van der Waals surface area (Å²) < 4.78 is 6.10. The summed E-state index contributed by atoms with van der Waals surface area (Å²) in [5, 5.41) is 0. The van der Waals surface area contributed by atoms with Crippen LogP contribution >= 0.6 is 0 Å². The molecular formula is C26H38N4O4. The molecule has 2 fully saturated rings. The molecule has 3 aliphatic rings. The number of nitrogens with zero attached hydrogens (tertiary/aromatic N) is 4. The minimum absolute atomic E-state index is 0.0123. The quantitative estimate of drug-likeness (QED) is 0.660. The molecule has 1 aromatic rings. The highest BCUT2D eigenvalue weighted by Crippen LogP contribution is 2.32. The van der Waals surface area contributed by atoms with E-state index in [-0.39, 0.29) is 36.1 Å². The summed E-state index contributed by atoms with van der Waals surface area (Å²) >= 11 is 0. The Labute approximate surface area is 202 Å². The smallest absolute Gasteiger partial charge is 0.242 e. The van der Waals surface area contributed by atoms with Gasteiger partial charge in [-0.1, -0.05) is 18.2 Å². The fourth-order valence-electron chi connectivity index (χ4n) is 5.36. The van der Waals surface area contributed by atoms with Crippen molar-refractivity contribution < 1.29 is 19.1 Å². The molecule has 0 aliphatic carbocycles. The van der Waals surface area contributed by atoms with Crippen molar-refractivity contribution in [1.29, 1.82) is 0 Å². The molecular weight excluding hydrogens is 432 g/mol. The number of para-hydroxylation sites is 1. The van der Waals surface area contributed by atoms with Crippen molar-refractivity contribution in [2.45, 2.75) is 39.2 Å². The van der Waals surface area contributed by atoms with E-state index < -0.39 is 0 Å². The predicted octanol–water partition coefficient (Wildman–Crippen LogP) is 1.84. The number of fused-ring (bicyclic) bond motifs is 3. The van der Waals surface area contributed by atoms with Crippen molar-refractivity contribution in [2.75, 3.05) is 59.5 Å². The van der Waals surface area contributed by atoms with Gasteiger partial charge < -0.3 is 24.3 Å². The first kappa shape index (κ1) is 24.5. The molecule has 0 spiro atoms. The molecule has 0 unspecified atom stereocenters. The summed E-state index contributed by atoms with van der Waals surface area (Å²) in [4.78, 5) is 46.3. The Morgan fingerprint density at radius 1 is 1.00 bits per heavy atom. The number of carbonyl (C=O) groups excluding carboxylic acids is 3. The maximum Gasteiger partial charge on any atom is 0.242 e. The minimum Gasteiger partial charge on any atom is -0.493 e. The van der Waals surface area contributed by atoms with Gasteiger partial charge in [0.2, 0.25) is 17.7 Å². The van der Waals surface area contributed by atoms with Gasteiger partial charge in [-0.3, -0.25) is 14.4 Å². The number of benzene rings is 1. The van der Waals surface area contributed by atoms with E-state index in [9.17, 15) is 14.4 Å². The Kier molecular flexibility index (Phi) is 8.08. The van der Waals surface area contributed by atoms with Crippen LogP contribution in [0.25, 0.3) is 0 Å². The van der Waals surface area contributed by atoms with E-state index in [0.29, 0.717) is 32.7 Å². The number of carbonyl (C=O) groups is 3. The van der Waals surface area contributed by atoms with Crippen LogP contribution in [0, 0.1) is 11.8 Å². The number of ether oxygens (including phenoxy) is 1. The third-order valence-corrected chi connectivity index (χ3v) is 7.62. The number of piperidine rings is 1. The van der Waals surface area contributed by atoms with E-state index in [1.165, 1.54) is 6.92 Å². The predicted molar refractivity (Wildman–Crippen MR) is 129 cm³/mol. The standard InChI is InChI=1S/C26H38N4O4/c1-20(31)30-18-23-6-3-4-8-24(23)34-15-5-7-22-17-29(26(33)19-30)10-9-21(22)16-25(32)28-13-11-27(2)12-14-28/h3-4,6,8,21-22H,5,7,9-19H2,1-2H3/t21-,22-/m0/s1. The zero-order valence-electron chi connectivity index (χ0n) is 20.6. The Hall–Kier alpha value is -2.61. The van der Waals surface area contributed by atoms with Gasteiger partial charge in [-0.05, 0) is 44.2 Å². The molecule has 4 rings (SSSR count). The van der Waals surface area contributed by atoms with Gasteiger partial charge in [0.1, 0.15) is 12.3 Å². The topological polar surface area (TPSA) is 73.4 Å². The third-order valence-electron chi connectivity index (χ3n) is 7.62. The van der Waals surface area contributed by atoms with Crippen LogP contribution in [0.5, 0.6) is 5.75 Å². The van der Waals surface area contributed by atoms with Crippen LogP contribution < -0.4 is 4.74 Å². The first-order valence-corrected chi connectivity index (χ1v) is 12.6. The van der Waals surface area contributed by atoms with Crippen LogP contribution in [0.1, 0.15) is 38.2 Å². The molecule has 0 saturated carbocycles. The van der Waals surface area contributed by atoms with Crippen LogP contribution in [0.2, 0.25) is 0 Å². The van der Waals surface area contributed by atoms with Gasteiger partial charge in [-0.2, -0.15) is 0 Å². The van der Waals surface area contributed by atoms with Crippen LogP contribution in [-0.2, 0) is 20.9 Å². The first-order chi connectivity index (χ1) is 16.4. The highest BCUT2D eigenvalue weighted by molar-refractivity contribution is 5.84. The molecule has 3 aliphatic heterocycles. The highest BCUT2D eigenvalue weighted by atomic mass is 16.5. The van der Waals surface area contributed by atoms with Crippen LogP contribution in [0.4, 0.5) is 0 Å². The zero-order valence-corrected chi connectivity index (χ0v) is 20.6. The minimum atomic E-state index is -0.123. The third kappa shape index (κ3) is 6.09. The lowest BCUT2D eigenvalue weighted by molar-refractivity contribution is -0.142. The maximum absolute atomic E-state index is 13.2. The van der Waals surface area contributed by atoms with Gasteiger partial charge in [0.25, 0.3) is 0 Å². The van der Waals surface area contributed by atoms with E-state index >= 15 is 0 Å². The normalized spacial score (nSPS) is 24.9. The molecule has 1 aromatic carbocycles. The maximum atomic E-state index is 13.2. The largest absolute Gasteiger partial charge is 0.493 e. The molecule has 186 valence electrons. The van der Waals surface area contributed by atoms with Gasteiger partial charge in [-0.15, -0.1) is 0 Å². The Morgan fingerprint density at radius 2 is 1.76 bits per heavy atom. The van der Waals surface area contributed by atoms with Crippen molar-refractivity contribution in [1.82, 2.24) is 19.6 Å². The van der Waals surface area contributed by atoms with Crippen LogP contribution in [0.15, 0.2) is 24.3 Å². The monoisotopic (exact) mass is 470 g/mol. The second-order valence-corrected chi connectivity index (χ2v) is 10.0. The number of amides is 3. The lowest BCUT2D eigenvalue weighted by atomic mass is 9.80. The Bertz CT molecular complexity index is 883. The number of rotatable bonds is 2. The number of hydrogen-bond donors (Lipinski definition) is 0. The van der Waals surface area contributed by atoms with E-state index in [2.05, 4.69) is 11.9 Å². The molecule has 0 radical (unpaired) electrons. The molecule has 34 heavy (non-hydrogen) atoms. The Balaban J connectivity index is 1.47. The number of hydrogen-bond acceptors (Lipinski definition) is 5. The van der Waals surface area contributed by atoms with E-state index in [1.807, 2.05) is 34.1 Å². The van der Waals surface area contributed by atoms with Crippen molar-refractivity contribution in [3.8, 4) is 5.75 Å². The molecule has 3 amide bonds. The number of piperazine rings is 1. The fraction of sp³-hybridized carbons (Fsp3) is 0.654. The molecule has 0 aromatic heterocycles. The van der Waals surface area contributed by atoms with Gasteiger partial charge >= 0.3 is 0 Å². The van der Waals surface area contributed by atoms with Gasteiger partial charge in [-0.25, -0.2) is 0 Å².